The average Bonchev–Trinajstić information content (AvgIpc) is 3.26. The summed E-state index contributed by atoms with van der Waals surface area (Å²) in [6.45, 7) is 1.88. The van der Waals surface area contributed by atoms with Crippen molar-refractivity contribution in [2.75, 3.05) is 4.72 Å². The van der Waals surface area contributed by atoms with Crippen molar-refractivity contribution in [2.24, 2.45) is 0 Å². The van der Waals surface area contributed by atoms with E-state index in [0.29, 0.717) is 28.5 Å². The van der Waals surface area contributed by atoms with Crippen LogP contribution in [-0.4, -0.2) is 27.9 Å². The lowest BCUT2D eigenvalue weighted by Gasteiger charge is -2.11. The quantitative estimate of drug-likeness (QED) is 0.396. The Kier molecular flexibility index (Phi) is 5.23. The van der Waals surface area contributed by atoms with Gasteiger partial charge in [0.05, 0.1) is 4.90 Å². The van der Waals surface area contributed by atoms with Gasteiger partial charge in [-0.1, -0.05) is 36.4 Å². The summed E-state index contributed by atoms with van der Waals surface area (Å²) in [4.78, 5) is 12.8. The van der Waals surface area contributed by atoms with Gasteiger partial charge in [0.25, 0.3) is 10.0 Å². The molecule has 0 radical (unpaired) electrons. The number of benzene rings is 3. The Morgan fingerprint density at radius 2 is 1.70 bits per heavy atom. The van der Waals surface area contributed by atoms with Gasteiger partial charge in [-0.3, -0.25) is 9.29 Å². The summed E-state index contributed by atoms with van der Waals surface area (Å²) >= 11 is 0. The van der Waals surface area contributed by atoms with Crippen molar-refractivity contribution in [3.05, 3.63) is 97.3 Å². The summed E-state index contributed by atoms with van der Waals surface area (Å²) in [6.07, 6.45) is 4.91. The van der Waals surface area contributed by atoms with Gasteiger partial charge in [0, 0.05) is 29.5 Å². The molecule has 1 N–H and O–H groups in total. The third-order valence-electron chi connectivity index (χ3n) is 5.07. The van der Waals surface area contributed by atoms with Crippen LogP contribution in [0.2, 0.25) is 0 Å². The molecule has 0 fully saturated rings. The molecule has 0 bridgehead atoms. The third-order valence-corrected chi connectivity index (χ3v) is 6.51. The Morgan fingerprint density at radius 3 is 2.48 bits per heavy atom. The van der Waals surface area contributed by atoms with Gasteiger partial charge in [0.15, 0.2) is 0 Å². The minimum Gasteiger partial charge on any atom is -0.439 e. The monoisotopic (exact) mass is 457 g/mol. The Morgan fingerprint density at radius 1 is 0.909 bits per heavy atom. The average molecular weight is 458 g/mol. The third kappa shape index (κ3) is 4.26. The number of hydrogen-bond acceptors (Lipinski definition) is 6. The van der Waals surface area contributed by atoms with E-state index >= 15 is 0 Å². The predicted molar refractivity (Wildman–Crippen MR) is 125 cm³/mol. The van der Waals surface area contributed by atoms with E-state index < -0.39 is 10.0 Å². The number of aryl methyl sites for hydroxylation is 1. The zero-order valence-corrected chi connectivity index (χ0v) is 18.4. The molecule has 0 spiro atoms. The highest BCUT2D eigenvalue weighted by molar-refractivity contribution is 7.93. The van der Waals surface area contributed by atoms with Crippen molar-refractivity contribution >= 4 is 26.5 Å². The zero-order chi connectivity index (χ0) is 22.8. The van der Waals surface area contributed by atoms with Crippen LogP contribution in [0.1, 0.15) is 5.82 Å². The van der Waals surface area contributed by atoms with Crippen molar-refractivity contribution in [1.82, 2.24) is 19.5 Å². The molecule has 2 heterocycles. The molecule has 0 atom stereocenters. The maximum Gasteiger partial charge on any atom is 0.262 e. The van der Waals surface area contributed by atoms with Crippen molar-refractivity contribution in [1.29, 1.82) is 0 Å². The van der Waals surface area contributed by atoms with E-state index in [2.05, 4.69) is 19.7 Å². The van der Waals surface area contributed by atoms with Gasteiger partial charge in [-0.05, 0) is 42.6 Å². The molecule has 0 amide bonds. The Labute approximate surface area is 190 Å². The summed E-state index contributed by atoms with van der Waals surface area (Å²) in [5.74, 6) is 2.30. The van der Waals surface area contributed by atoms with E-state index in [9.17, 15) is 8.42 Å². The summed E-state index contributed by atoms with van der Waals surface area (Å²) in [5.41, 5.74) is 0.424. The maximum atomic E-state index is 13.0. The first-order valence-corrected chi connectivity index (χ1v) is 11.6. The fraction of sp³-hybridized carbons (Fsp3) is 0.0417. The van der Waals surface area contributed by atoms with E-state index in [1.807, 2.05) is 35.8 Å². The molecule has 5 aromatic rings. The number of aromatic nitrogens is 4. The van der Waals surface area contributed by atoms with Gasteiger partial charge in [-0.15, -0.1) is 0 Å². The molecule has 0 saturated carbocycles. The second-order valence-electron chi connectivity index (χ2n) is 7.27. The molecule has 0 aliphatic rings. The molecule has 8 nitrogen and oxygen atoms in total. The minimum absolute atomic E-state index is 0.226. The van der Waals surface area contributed by atoms with Gasteiger partial charge in [0.1, 0.15) is 23.7 Å². The summed E-state index contributed by atoms with van der Waals surface area (Å²) in [6, 6.07) is 20.9. The van der Waals surface area contributed by atoms with Crippen LogP contribution in [0.25, 0.3) is 16.6 Å². The number of hydrogen-bond donors (Lipinski definition) is 1. The molecule has 0 aliphatic carbocycles. The second-order valence-corrected chi connectivity index (χ2v) is 8.92. The lowest BCUT2D eigenvalue weighted by molar-refractivity contribution is 0.461. The topological polar surface area (TPSA) is 99.0 Å². The number of nitrogens with zero attached hydrogens (tertiary/aromatic N) is 4. The highest BCUT2D eigenvalue weighted by atomic mass is 32.2. The van der Waals surface area contributed by atoms with Crippen molar-refractivity contribution < 1.29 is 13.2 Å². The summed E-state index contributed by atoms with van der Waals surface area (Å²) < 4.78 is 36.3. The smallest absolute Gasteiger partial charge is 0.262 e. The molecular formula is C24H19N5O3S. The first-order valence-electron chi connectivity index (χ1n) is 10.1. The number of sulfonamides is 1. The second kappa shape index (κ2) is 8.36. The van der Waals surface area contributed by atoms with Crippen molar-refractivity contribution in [3.8, 4) is 17.4 Å². The number of imidazole rings is 1. The lowest BCUT2D eigenvalue weighted by atomic mass is 10.1. The first kappa shape index (κ1) is 20.7. The van der Waals surface area contributed by atoms with Gasteiger partial charge in [-0.2, -0.15) is 0 Å². The number of fused-ring (bicyclic) bond motifs is 1. The van der Waals surface area contributed by atoms with Gasteiger partial charge < -0.3 is 4.74 Å². The van der Waals surface area contributed by atoms with Crippen LogP contribution in [0.15, 0.2) is 96.4 Å². The molecule has 5 rings (SSSR count). The minimum atomic E-state index is -3.77. The highest BCUT2D eigenvalue weighted by Crippen LogP contribution is 2.27. The van der Waals surface area contributed by atoms with E-state index in [0.717, 1.165) is 11.2 Å². The van der Waals surface area contributed by atoms with Crippen LogP contribution in [0, 0.1) is 6.92 Å². The van der Waals surface area contributed by atoms with E-state index in [-0.39, 0.29) is 4.90 Å². The van der Waals surface area contributed by atoms with Gasteiger partial charge >= 0.3 is 0 Å². The summed E-state index contributed by atoms with van der Waals surface area (Å²) in [7, 11) is -3.77. The van der Waals surface area contributed by atoms with Crippen LogP contribution in [-0.2, 0) is 10.0 Å². The Bertz CT molecular complexity index is 1540. The highest BCUT2D eigenvalue weighted by Gasteiger charge is 2.17. The molecule has 2 aromatic heterocycles. The predicted octanol–water partition coefficient (Wildman–Crippen LogP) is 4.72. The van der Waals surface area contributed by atoms with Crippen molar-refractivity contribution in [2.45, 2.75) is 11.8 Å². The van der Waals surface area contributed by atoms with Crippen LogP contribution < -0.4 is 9.46 Å². The molecule has 9 heteroatoms. The van der Waals surface area contributed by atoms with Crippen LogP contribution in [0.4, 0.5) is 5.69 Å². The molecular weight excluding hydrogens is 438 g/mol. The zero-order valence-electron chi connectivity index (χ0n) is 17.6. The number of anilines is 1. The maximum absolute atomic E-state index is 13.0. The van der Waals surface area contributed by atoms with Gasteiger partial charge in [-0.25, -0.2) is 23.4 Å². The standard InChI is InChI=1S/C24H19N5O3S/c1-17-25-13-14-29(17)23-15-24(27-16-26-23)32-20-11-9-19(10-12-20)28-33(30,31)22-8-4-6-18-5-2-3-7-21(18)22/h2-16,28H,1H3. The normalized spacial score (nSPS) is 11.4. The SMILES string of the molecule is Cc1nccn1-c1cc(Oc2ccc(NS(=O)(=O)c3cccc4ccccc34)cc2)ncn1. The molecule has 3 aromatic carbocycles. The molecule has 164 valence electrons. The van der Waals surface area contributed by atoms with Crippen molar-refractivity contribution in [3.63, 3.8) is 0 Å². The Balaban J connectivity index is 1.35. The molecule has 0 aliphatic heterocycles. The molecule has 0 unspecified atom stereocenters. The lowest BCUT2D eigenvalue weighted by Crippen LogP contribution is -2.13. The Hall–Kier alpha value is -4.24. The molecule has 33 heavy (non-hydrogen) atoms. The first-order chi connectivity index (χ1) is 16.0. The van der Waals surface area contributed by atoms with Gasteiger partial charge in [0.2, 0.25) is 5.88 Å². The van der Waals surface area contributed by atoms with E-state index in [4.69, 9.17) is 4.74 Å². The molecule has 0 saturated heterocycles. The van der Waals surface area contributed by atoms with Crippen LogP contribution >= 0.6 is 0 Å². The van der Waals surface area contributed by atoms with Crippen LogP contribution in [0.5, 0.6) is 11.6 Å². The fourth-order valence-electron chi connectivity index (χ4n) is 3.49. The number of nitrogens with one attached hydrogen (secondary N) is 1. The largest absolute Gasteiger partial charge is 0.439 e. The van der Waals surface area contributed by atoms with E-state index in [1.165, 1.54) is 6.33 Å². The number of rotatable bonds is 6. The summed E-state index contributed by atoms with van der Waals surface area (Å²) in [5, 5.41) is 1.53. The number of ether oxygens (including phenoxy) is 1. The van der Waals surface area contributed by atoms with E-state index in [1.54, 1.807) is 60.9 Å². The van der Waals surface area contributed by atoms with Crippen LogP contribution in [0.3, 0.4) is 0 Å². The fourth-order valence-corrected chi connectivity index (χ4v) is 4.78.